The van der Waals surface area contributed by atoms with Crippen molar-refractivity contribution in [1.82, 2.24) is 5.16 Å². The minimum Gasteiger partial charge on any atom is -0.361 e. The van der Waals surface area contributed by atoms with Crippen LogP contribution in [0.2, 0.25) is 0 Å². The van der Waals surface area contributed by atoms with Crippen molar-refractivity contribution < 1.29 is 9.32 Å². The molecule has 0 aliphatic carbocycles. The molecule has 0 radical (unpaired) electrons. The van der Waals surface area contributed by atoms with Gasteiger partial charge in [0.25, 0.3) is 0 Å². The highest BCUT2D eigenvalue weighted by Gasteiger charge is 2.27. The molecule has 0 atom stereocenters. The number of hydrogen-bond donors (Lipinski definition) is 0. The van der Waals surface area contributed by atoms with Gasteiger partial charge in [-0.05, 0) is 27.7 Å². The average molecular weight is 180 g/mol. The molecule has 1 aromatic heterocycles. The third-order valence-electron chi connectivity index (χ3n) is 1.97. The van der Waals surface area contributed by atoms with Gasteiger partial charge in [-0.3, -0.25) is 0 Å². The van der Waals surface area contributed by atoms with Crippen LogP contribution in [0.25, 0.3) is 0 Å². The first-order valence-corrected chi connectivity index (χ1v) is 4.01. The van der Waals surface area contributed by atoms with Crippen LogP contribution in [0, 0.1) is 13.8 Å². The number of aryl methyl sites for hydroxylation is 2. The Hall–Kier alpha value is -1.41. The maximum atomic E-state index is 10.2. The number of aliphatic imine (C=N–C) groups is 1. The summed E-state index contributed by atoms with van der Waals surface area (Å²) in [7, 11) is 0. The van der Waals surface area contributed by atoms with Crippen molar-refractivity contribution in [2.24, 2.45) is 4.99 Å². The second kappa shape index (κ2) is 3.15. The fourth-order valence-corrected chi connectivity index (χ4v) is 1.53. The van der Waals surface area contributed by atoms with Gasteiger partial charge in [-0.2, -0.15) is 4.99 Å². The minimum absolute atomic E-state index is 0.601. The molecule has 4 heteroatoms. The van der Waals surface area contributed by atoms with Gasteiger partial charge in [0.15, 0.2) is 0 Å². The number of hydrogen-bond acceptors (Lipinski definition) is 4. The molecule has 0 N–H and O–H groups in total. The summed E-state index contributed by atoms with van der Waals surface area (Å²) in [5, 5.41) is 3.80. The molecule has 0 saturated carbocycles. The molecule has 0 aliphatic rings. The maximum Gasteiger partial charge on any atom is 0.235 e. The Balaban J connectivity index is 3.27. The van der Waals surface area contributed by atoms with Crippen LogP contribution in [-0.4, -0.2) is 11.2 Å². The van der Waals surface area contributed by atoms with Crippen molar-refractivity contribution in [2.45, 2.75) is 33.2 Å². The number of rotatable bonds is 2. The van der Waals surface area contributed by atoms with Gasteiger partial charge in [0.05, 0.1) is 11.2 Å². The zero-order valence-electron chi connectivity index (χ0n) is 8.21. The van der Waals surface area contributed by atoms with Gasteiger partial charge in [-0.15, -0.1) is 0 Å². The zero-order chi connectivity index (χ0) is 10.1. The van der Waals surface area contributed by atoms with Gasteiger partial charge in [0.1, 0.15) is 5.76 Å². The molecule has 4 nitrogen and oxygen atoms in total. The van der Waals surface area contributed by atoms with Crippen molar-refractivity contribution in [1.29, 1.82) is 0 Å². The monoisotopic (exact) mass is 180 g/mol. The van der Waals surface area contributed by atoms with E-state index < -0.39 is 5.54 Å². The van der Waals surface area contributed by atoms with E-state index in [2.05, 4.69) is 10.1 Å². The van der Waals surface area contributed by atoms with Crippen LogP contribution in [0.4, 0.5) is 0 Å². The normalized spacial score (nSPS) is 11.1. The highest BCUT2D eigenvalue weighted by atomic mass is 16.5. The predicted molar refractivity (Wildman–Crippen MR) is 47.1 cm³/mol. The predicted octanol–water partition coefficient (Wildman–Crippen LogP) is 1.86. The number of isocyanates is 1. The lowest BCUT2D eigenvalue weighted by atomic mass is 9.94. The van der Waals surface area contributed by atoms with Crippen LogP contribution in [0.5, 0.6) is 0 Å². The highest BCUT2D eigenvalue weighted by molar-refractivity contribution is 5.39. The largest absolute Gasteiger partial charge is 0.361 e. The van der Waals surface area contributed by atoms with Crippen LogP contribution in [0.1, 0.15) is 30.9 Å². The third kappa shape index (κ3) is 1.68. The summed E-state index contributed by atoms with van der Waals surface area (Å²) in [6.07, 6.45) is 1.56. The first-order valence-electron chi connectivity index (χ1n) is 4.01. The first-order chi connectivity index (χ1) is 5.99. The Kier molecular flexibility index (Phi) is 2.34. The van der Waals surface area contributed by atoms with E-state index in [0.717, 1.165) is 11.3 Å². The van der Waals surface area contributed by atoms with Crippen LogP contribution in [0.3, 0.4) is 0 Å². The Labute approximate surface area is 76.6 Å². The molecule has 0 amide bonds. The molecule has 13 heavy (non-hydrogen) atoms. The van der Waals surface area contributed by atoms with Gasteiger partial charge >= 0.3 is 0 Å². The summed E-state index contributed by atoms with van der Waals surface area (Å²) >= 11 is 0. The van der Waals surface area contributed by atoms with E-state index in [9.17, 15) is 4.79 Å². The van der Waals surface area contributed by atoms with Crippen LogP contribution in [0.15, 0.2) is 9.52 Å². The van der Waals surface area contributed by atoms with E-state index in [1.807, 2.05) is 20.8 Å². The molecule has 1 aromatic rings. The van der Waals surface area contributed by atoms with E-state index in [1.54, 1.807) is 13.0 Å². The summed E-state index contributed by atoms with van der Waals surface area (Å²) in [5.41, 5.74) is 1.02. The lowest BCUT2D eigenvalue weighted by Gasteiger charge is -2.16. The van der Waals surface area contributed by atoms with E-state index >= 15 is 0 Å². The quantitative estimate of drug-likeness (QED) is 0.515. The number of carbonyl (C=O) groups excluding carboxylic acids is 1. The van der Waals surface area contributed by atoms with Crippen molar-refractivity contribution in [2.75, 3.05) is 0 Å². The highest BCUT2D eigenvalue weighted by Crippen LogP contribution is 2.29. The first kappa shape index (κ1) is 9.68. The fraction of sp³-hybridized carbons (Fsp3) is 0.556. The summed E-state index contributed by atoms with van der Waals surface area (Å²) in [6, 6.07) is 0. The van der Waals surface area contributed by atoms with Crippen molar-refractivity contribution in [3.05, 3.63) is 17.0 Å². The molecule has 0 aliphatic heterocycles. The molecule has 0 fully saturated rings. The Bertz CT molecular complexity index is 340. The molecule has 0 unspecified atom stereocenters. The van der Waals surface area contributed by atoms with Crippen LogP contribution < -0.4 is 0 Å². The van der Waals surface area contributed by atoms with Gasteiger partial charge < -0.3 is 4.52 Å². The van der Waals surface area contributed by atoms with Crippen LogP contribution in [-0.2, 0) is 10.3 Å². The smallest absolute Gasteiger partial charge is 0.235 e. The Morgan fingerprint density at radius 2 is 2.08 bits per heavy atom. The standard InChI is InChI=1S/C9H12N2O2/c1-6-8(7(2)13-11-6)9(3,4)10-5-12/h1-4H3. The van der Waals surface area contributed by atoms with E-state index in [0.29, 0.717) is 5.76 Å². The van der Waals surface area contributed by atoms with Gasteiger partial charge in [-0.25, -0.2) is 4.79 Å². The average Bonchev–Trinajstić information content (AvgIpc) is 2.31. The lowest BCUT2D eigenvalue weighted by Crippen LogP contribution is -2.15. The van der Waals surface area contributed by atoms with E-state index in [-0.39, 0.29) is 0 Å². The van der Waals surface area contributed by atoms with Gasteiger partial charge in [-0.1, -0.05) is 5.16 Å². The lowest BCUT2D eigenvalue weighted by molar-refractivity contribution is 0.389. The molecular formula is C9H12N2O2. The summed E-state index contributed by atoms with van der Waals surface area (Å²) in [5.74, 6) is 0.696. The topological polar surface area (TPSA) is 55.5 Å². The molecule has 1 rings (SSSR count). The molecule has 0 bridgehead atoms. The minimum atomic E-state index is -0.601. The molecule has 0 saturated heterocycles. The molecular weight excluding hydrogens is 168 g/mol. The van der Waals surface area contributed by atoms with Crippen molar-refractivity contribution >= 4 is 6.08 Å². The summed E-state index contributed by atoms with van der Waals surface area (Å²) in [4.78, 5) is 13.9. The molecule has 1 heterocycles. The summed E-state index contributed by atoms with van der Waals surface area (Å²) < 4.78 is 4.99. The fourth-order valence-electron chi connectivity index (χ4n) is 1.53. The number of aromatic nitrogens is 1. The molecule has 0 aromatic carbocycles. The molecule has 0 spiro atoms. The molecule has 70 valence electrons. The second-order valence-corrected chi connectivity index (χ2v) is 3.46. The second-order valence-electron chi connectivity index (χ2n) is 3.46. The summed E-state index contributed by atoms with van der Waals surface area (Å²) in [6.45, 7) is 7.28. The SMILES string of the molecule is Cc1noc(C)c1C(C)(C)N=C=O. The van der Waals surface area contributed by atoms with E-state index in [1.165, 1.54) is 0 Å². The van der Waals surface area contributed by atoms with E-state index in [4.69, 9.17) is 4.52 Å². The number of nitrogens with zero attached hydrogens (tertiary/aromatic N) is 2. The van der Waals surface area contributed by atoms with Crippen LogP contribution >= 0.6 is 0 Å². The zero-order valence-corrected chi connectivity index (χ0v) is 8.21. The Morgan fingerprint density at radius 1 is 1.46 bits per heavy atom. The Morgan fingerprint density at radius 3 is 2.46 bits per heavy atom. The third-order valence-corrected chi connectivity index (χ3v) is 1.97. The maximum absolute atomic E-state index is 10.2. The van der Waals surface area contributed by atoms with Gasteiger partial charge in [0.2, 0.25) is 6.08 Å². The van der Waals surface area contributed by atoms with Crippen molar-refractivity contribution in [3.8, 4) is 0 Å². The van der Waals surface area contributed by atoms with Crippen molar-refractivity contribution in [3.63, 3.8) is 0 Å². The van der Waals surface area contributed by atoms with Gasteiger partial charge in [0, 0.05) is 5.56 Å².